The van der Waals surface area contributed by atoms with Crippen molar-refractivity contribution in [1.29, 1.82) is 0 Å². The summed E-state index contributed by atoms with van der Waals surface area (Å²) in [6.07, 6.45) is 2.93. The highest BCUT2D eigenvalue weighted by molar-refractivity contribution is 7.91. The van der Waals surface area contributed by atoms with Crippen LogP contribution in [-0.2, 0) is 14.8 Å². The smallest absolute Gasteiger partial charge is 0.252 e. The fourth-order valence-electron chi connectivity index (χ4n) is 2.85. The van der Waals surface area contributed by atoms with E-state index < -0.39 is 10.0 Å². The number of amides is 1. The lowest BCUT2D eigenvalue weighted by molar-refractivity contribution is -0.126. The second-order valence-corrected chi connectivity index (χ2v) is 8.99. The first kappa shape index (κ1) is 17.2. The van der Waals surface area contributed by atoms with E-state index >= 15 is 0 Å². The molecule has 2 atom stereocenters. The molecule has 1 fully saturated rings. The predicted octanol–water partition coefficient (Wildman–Crippen LogP) is 2.62. The summed E-state index contributed by atoms with van der Waals surface area (Å²) in [5.74, 6) is 0.207. The number of thiophene rings is 1. The molecule has 6 nitrogen and oxygen atoms in total. The Bertz CT molecular complexity index is 769. The average Bonchev–Trinajstić information content (AvgIpc) is 3.28. The molecular weight excluding hydrogens is 348 g/mol. The largest absolute Gasteiger partial charge is 0.467 e. The van der Waals surface area contributed by atoms with Gasteiger partial charge < -0.3 is 9.73 Å². The van der Waals surface area contributed by atoms with Gasteiger partial charge in [0, 0.05) is 13.1 Å². The number of carbonyl (C=O) groups excluding carboxylic acids is 1. The summed E-state index contributed by atoms with van der Waals surface area (Å²) in [5, 5.41) is 4.65. The van der Waals surface area contributed by atoms with Gasteiger partial charge in [-0.3, -0.25) is 4.79 Å². The summed E-state index contributed by atoms with van der Waals surface area (Å²) in [6.45, 7) is 2.52. The van der Waals surface area contributed by atoms with E-state index in [9.17, 15) is 13.2 Å². The van der Waals surface area contributed by atoms with E-state index in [-0.39, 0.29) is 24.4 Å². The van der Waals surface area contributed by atoms with E-state index in [0.29, 0.717) is 29.4 Å². The minimum Gasteiger partial charge on any atom is -0.467 e. The van der Waals surface area contributed by atoms with Crippen LogP contribution in [0.25, 0.3) is 0 Å². The normalized spacial score (nSPS) is 20.6. The Morgan fingerprint density at radius 1 is 1.42 bits per heavy atom. The molecule has 0 aromatic carbocycles. The fourth-order valence-corrected chi connectivity index (χ4v) is 5.52. The number of rotatable bonds is 5. The van der Waals surface area contributed by atoms with Gasteiger partial charge in [0.05, 0.1) is 18.2 Å². The van der Waals surface area contributed by atoms with Crippen LogP contribution in [-0.4, -0.2) is 31.7 Å². The van der Waals surface area contributed by atoms with Crippen LogP contribution in [0.2, 0.25) is 0 Å². The average molecular weight is 368 g/mol. The molecule has 24 heavy (non-hydrogen) atoms. The molecule has 0 spiro atoms. The van der Waals surface area contributed by atoms with Crippen LogP contribution in [0.3, 0.4) is 0 Å². The summed E-state index contributed by atoms with van der Waals surface area (Å²) in [4.78, 5) is 12.5. The van der Waals surface area contributed by atoms with Gasteiger partial charge >= 0.3 is 0 Å². The molecule has 1 aliphatic rings. The van der Waals surface area contributed by atoms with Crippen LogP contribution in [0.5, 0.6) is 0 Å². The number of nitrogens with zero attached hydrogens (tertiary/aromatic N) is 1. The Hall–Kier alpha value is -1.64. The first-order valence-corrected chi connectivity index (χ1v) is 10.2. The highest BCUT2D eigenvalue weighted by Gasteiger charge is 2.34. The van der Waals surface area contributed by atoms with Gasteiger partial charge in [0.2, 0.25) is 5.91 Å². The minimum atomic E-state index is -3.50. The predicted molar refractivity (Wildman–Crippen MR) is 91.1 cm³/mol. The van der Waals surface area contributed by atoms with Crippen molar-refractivity contribution in [3.8, 4) is 0 Å². The van der Waals surface area contributed by atoms with E-state index in [2.05, 4.69) is 5.32 Å². The molecule has 3 rings (SSSR count). The topological polar surface area (TPSA) is 79.6 Å². The summed E-state index contributed by atoms with van der Waals surface area (Å²) in [6, 6.07) is 6.66. The molecule has 130 valence electrons. The van der Waals surface area contributed by atoms with Crippen LogP contribution in [0.4, 0.5) is 0 Å². The monoisotopic (exact) mass is 368 g/mol. The second-order valence-electron chi connectivity index (χ2n) is 5.88. The van der Waals surface area contributed by atoms with Crippen molar-refractivity contribution < 1.29 is 17.6 Å². The molecule has 1 saturated heterocycles. The Morgan fingerprint density at radius 3 is 2.92 bits per heavy atom. The van der Waals surface area contributed by atoms with Gasteiger partial charge in [-0.25, -0.2) is 8.42 Å². The number of furan rings is 1. The lowest BCUT2D eigenvalue weighted by atomic mass is 9.98. The van der Waals surface area contributed by atoms with Gasteiger partial charge in [0.25, 0.3) is 10.0 Å². The third-order valence-corrected chi connectivity index (χ3v) is 7.41. The number of sulfonamides is 1. The van der Waals surface area contributed by atoms with E-state index in [1.165, 1.54) is 15.6 Å². The van der Waals surface area contributed by atoms with Crippen molar-refractivity contribution in [2.75, 3.05) is 13.1 Å². The standard InChI is InChI=1S/C16H20N2O4S2/c1-12(14-6-3-9-22-14)17-16(19)13-5-2-8-18(11-13)24(20,21)15-7-4-10-23-15/h3-4,6-7,9-10,12-13H,2,5,8,11H2,1H3,(H,17,19)/t12-,13+/m1/s1. The number of hydrogen-bond donors (Lipinski definition) is 1. The molecule has 0 aliphatic carbocycles. The van der Waals surface area contributed by atoms with Crippen LogP contribution < -0.4 is 5.32 Å². The van der Waals surface area contributed by atoms with Crippen LogP contribution in [0.15, 0.2) is 44.5 Å². The molecule has 0 unspecified atom stereocenters. The number of hydrogen-bond acceptors (Lipinski definition) is 5. The molecule has 0 radical (unpaired) electrons. The van der Waals surface area contributed by atoms with Gasteiger partial charge in [-0.15, -0.1) is 11.3 Å². The van der Waals surface area contributed by atoms with Gasteiger partial charge in [0.1, 0.15) is 9.97 Å². The van der Waals surface area contributed by atoms with E-state index in [4.69, 9.17) is 4.42 Å². The van der Waals surface area contributed by atoms with Crippen LogP contribution in [0.1, 0.15) is 31.6 Å². The van der Waals surface area contributed by atoms with Crippen molar-refractivity contribution in [2.24, 2.45) is 5.92 Å². The van der Waals surface area contributed by atoms with Crippen molar-refractivity contribution in [3.05, 3.63) is 41.7 Å². The third kappa shape index (κ3) is 3.55. The first-order chi connectivity index (χ1) is 11.5. The fraction of sp³-hybridized carbons (Fsp3) is 0.438. The molecule has 1 amide bonds. The van der Waals surface area contributed by atoms with E-state index in [0.717, 1.165) is 0 Å². The molecule has 1 aliphatic heterocycles. The molecular formula is C16H20N2O4S2. The second kappa shape index (κ2) is 7.08. The van der Waals surface area contributed by atoms with Crippen LogP contribution in [0, 0.1) is 5.92 Å². The number of nitrogens with one attached hydrogen (secondary N) is 1. The van der Waals surface area contributed by atoms with E-state index in [1.807, 2.05) is 6.92 Å². The van der Waals surface area contributed by atoms with E-state index in [1.54, 1.807) is 35.9 Å². The molecule has 0 saturated carbocycles. The maximum absolute atomic E-state index is 12.6. The molecule has 2 aromatic heterocycles. The van der Waals surface area contributed by atoms with Gasteiger partial charge in [-0.2, -0.15) is 4.31 Å². The zero-order valence-electron chi connectivity index (χ0n) is 13.3. The number of piperidine rings is 1. The zero-order valence-corrected chi connectivity index (χ0v) is 15.0. The van der Waals surface area contributed by atoms with Crippen molar-refractivity contribution in [2.45, 2.75) is 30.0 Å². The van der Waals surface area contributed by atoms with Crippen molar-refractivity contribution in [3.63, 3.8) is 0 Å². The van der Waals surface area contributed by atoms with Gasteiger partial charge in [0.15, 0.2) is 0 Å². The summed E-state index contributed by atoms with van der Waals surface area (Å²) >= 11 is 1.20. The lowest BCUT2D eigenvalue weighted by Gasteiger charge is -2.31. The molecule has 8 heteroatoms. The molecule has 3 heterocycles. The SMILES string of the molecule is C[C@@H](NC(=O)[C@H]1CCCN(S(=O)(=O)c2cccs2)C1)c1ccco1. The molecule has 1 N–H and O–H groups in total. The molecule has 0 bridgehead atoms. The number of carbonyl (C=O) groups is 1. The third-order valence-electron chi connectivity index (χ3n) is 4.17. The van der Waals surface area contributed by atoms with Crippen molar-refractivity contribution >= 4 is 27.3 Å². The quantitative estimate of drug-likeness (QED) is 0.880. The maximum Gasteiger partial charge on any atom is 0.252 e. The molecule has 2 aromatic rings. The summed E-state index contributed by atoms with van der Waals surface area (Å²) < 4.78 is 32.3. The van der Waals surface area contributed by atoms with Gasteiger partial charge in [-0.1, -0.05) is 6.07 Å². The Morgan fingerprint density at radius 2 is 2.25 bits per heavy atom. The summed E-state index contributed by atoms with van der Waals surface area (Å²) in [7, 11) is -3.50. The Balaban J connectivity index is 1.66. The Kier molecular flexibility index (Phi) is 5.07. The Labute approximate surface area is 145 Å². The first-order valence-electron chi connectivity index (χ1n) is 7.86. The maximum atomic E-state index is 12.6. The van der Waals surface area contributed by atoms with Gasteiger partial charge in [-0.05, 0) is 43.3 Å². The zero-order chi connectivity index (χ0) is 17.2. The van der Waals surface area contributed by atoms with Crippen LogP contribution >= 0.6 is 11.3 Å². The highest BCUT2D eigenvalue weighted by Crippen LogP contribution is 2.27. The highest BCUT2D eigenvalue weighted by atomic mass is 32.2. The summed E-state index contributed by atoms with van der Waals surface area (Å²) in [5.41, 5.74) is 0. The lowest BCUT2D eigenvalue weighted by Crippen LogP contribution is -2.45. The van der Waals surface area contributed by atoms with Crippen molar-refractivity contribution in [1.82, 2.24) is 9.62 Å². The minimum absolute atomic E-state index is 0.134.